The van der Waals surface area contributed by atoms with Gasteiger partial charge in [-0.1, -0.05) is 27.7 Å². The Hall–Kier alpha value is -1.31. The predicted molar refractivity (Wildman–Crippen MR) is 82.9 cm³/mol. The van der Waals surface area contributed by atoms with Crippen LogP contribution in [0.25, 0.3) is 0 Å². The van der Waals surface area contributed by atoms with E-state index in [1.165, 1.54) is 11.1 Å². The molecule has 1 aliphatic carbocycles. The zero-order chi connectivity index (χ0) is 15.1. The lowest BCUT2D eigenvalue weighted by atomic mass is 9.63. The van der Waals surface area contributed by atoms with Crippen molar-refractivity contribution in [2.24, 2.45) is 0 Å². The van der Waals surface area contributed by atoms with Crippen LogP contribution in [0.1, 0.15) is 75.9 Å². The van der Waals surface area contributed by atoms with Gasteiger partial charge in [0.1, 0.15) is 5.75 Å². The Bertz CT molecular complexity index is 539. The van der Waals surface area contributed by atoms with Crippen molar-refractivity contribution in [3.05, 3.63) is 28.8 Å². The molecule has 1 aromatic carbocycles. The molecule has 2 nitrogen and oxygen atoms in total. The summed E-state index contributed by atoms with van der Waals surface area (Å²) in [7, 11) is 0. The number of hydrogen-bond acceptors (Lipinski definition) is 2. The highest BCUT2D eigenvalue weighted by atomic mass is 16.5. The van der Waals surface area contributed by atoms with Gasteiger partial charge in [0.15, 0.2) is 5.78 Å². The third kappa shape index (κ3) is 2.48. The van der Waals surface area contributed by atoms with Crippen LogP contribution in [0.5, 0.6) is 5.75 Å². The van der Waals surface area contributed by atoms with Crippen LogP contribution in [-0.2, 0) is 10.8 Å². The molecule has 0 radical (unpaired) electrons. The van der Waals surface area contributed by atoms with Crippen LogP contribution in [0, 0.1) is 0 Å². The van der Waals surface area contributed by atoms with Crippen molar-refractivity contribution in [2.75, 3.05) is 6.61 Å². The molecule has 0 saturated carbocycles. The third-order valence-electron chi connectivity index (χ3n) is 4.63. The number of ketones is 1. The van der Waals surface area contributed by atoms with E-state index in [0.29, 0.717) is 6.61 Å². The molecule has 1 aliphatic rings. The second-order valence-corrected chi connectivity index (χ2v) is 7.15. The number of hydrogen-bond donors (Lipinski definition) is 0. The van der Waals surface area contributed by atoms with Crippen molar-refractivity contribution >= 4 is 5.78 Å². The molecule has 2 rings (SSSR count). The van der Waals surface area contributed by atoms with Crippen molar-refractivity contribution in [3.63, 3.8) is 0 Å². The monoisotopic (exact) mass is 274 g/mol. The highest BCUT2D eigenvalue weighted by molar-refractivity contribution is 5.97. The molecule has 0 atom stereocenters. The zero-order valence-electron chi connectivity index (χ0n) is 13.6. The Labute approximate surface area is 122 Å². The molecule has 0 aliphatic heterocycles. The maximum atomic E-state index is 11.9. The van der Waals surface area contributed by atoms with Gasteiger partial charge < -0.3 is 4.74 Å². The van der Waals surface area contributed by atoms with Crippen molar-refractivity contribution in [1.29, 1.82) is 0 Å². The minimum atomic E-state index is 0.0791. The summed E-state index contributed by atoms with van der Waals surface area (Å²) in [6.45, 7) is 13.3. The lowest BCUT2D eigenvalue weighted by Gasteiger charge is -2.42. The van der Waals surface area contributed by atoms with E-state index in [1.807, 2.05) is 6.92 Å². The van der Waals surface area contributed by atoms with Gasteiger partial charge in [0.05, 0.1) is 12.2 Å². The van der Waals surface area contributed by atoms with Gasteiger partial charge >= 0.3 is 0 Å². The summed E-state index contributed by atoms with van der Waals surface area (Å²) in [5.41, 5.74) is 3.63. The van der Waals surface area contributed by atoms with E-state index in [-0.39, 0.29) is 16.6 Å². The van der Waals surface area contributed by atoms with Crippen LogP contribution in [0.2, 0.25) is 0 Å². The number of ether oxygens (including phenoxy) is 1. The third-order valence-corrected chi connectivity index (χ3v) is 4.63. The summed E-state index contributed by atoms with van der Waals surface area (Å²) in [5, 5.41) is 0. The highest BCUT2D eigenvalue weighted by Gasteiger charge is 2.38. The first-order valence-corrected chi connectivity index (χ1v) is 7.52. The molecular weight excluding hydrogens is 248 g/mol. The fourth-order valence-corrected chi connectivity index (χ4v) is 3.14. The Balaban J connectivity index is 2.70. The second kappa shape index (κ2) is 4.91. The second-order valence-electron chi connectivity index (χ2n) is 7.15. The molecule has 0 bridgehead atoms. The maximum Gasteiger partial charge on any atom is 0.163 e. The molecule has 20 heavy (non-hydrogen) atoms. The maximum absolute atomic E-state index is 11.9. The number of carbonyl (C=O) groups is 1. The molecule has 0 unspecified atom stereocenters. The molecule has 0 N–H and O–H groups in total. The summed E-state index contributed by atoms with van der Waals surface area (Å²) >= 11 is 0. The predicted octanol–water partition coefficient (Wildman–Crippen LogP) is 4.64. The van der Waals surface area contributed by atoms with E-state index in [4.69, 9.17) is 4.74 Å². The fraction of sp³-hybridized carbons (Fsp3) is 0.611. The van der Waals surface area contributed by atoms with E-state index in [0.717, 1.165) is 24.2 Å². The minimum Gasteiger partial charge on any atom is -0.493 e. The van der Waals surface area contributed by atoms with Gasteiger partial charge in [0.2, 0.25) is 0 Å². The fourth-order valence-electron chi connectivity index (χ4n) is 3.14. The van der Waals surface area contributed by atoms with E-state index < -0.39 is 0 Å². The van der Waals surface area contributed by atoms with Crippen LogP contribution in [0.3, 0.4) is 0 Å². The molecule has 110 valence electrons. The van der Waals surface area contributed by atoms with Crippen LogP contribution >= 0.6 is 0 Å². The average molecular weight is 274 g/mol. The molecule has 0 saturated heterocycles. The van der Waals surface area contributed by atoms with Gasteiger partial charge in [0.25, 0.3) is 0 Å². The number of carbonyl (C=O) groups excluding carboxylic acids is 1. The molecule has 0 aromatic heterocycles. The van der Waals surface area contributed by atoms with Gasteiger partial charge in [-0.2, -0.15) is 0 Å². The summed E-state index contributed by atoms with van der Waals surface area (Å²) < 4.78 is 5.71. The van der Waals surface area contributed by atoms with Crippen LogP contribution < -0.4 is 4.74 Å². The van der Waals surface area contributed by atoms with E-state index in [9.17, 15) is 4.79 Å². The van der Waals surface area contributed by atoms with Gasteiger partial charge in [-0.3, -0.25) is 4.79 Å². The van der Waals surface area contributed by atoms with E-state index in [1.54, 1.807) is 6.92 Å². The topological polar surface area (TPSA) is 26.3 Å². The number of rotatable bonds is 3. The standard InChI is InChI=1S/C18H26O2/c1-7-20-16-11-15-14(10-13(16)12(2)19)17(3,4)8-9-18(15,5)6/h10-11H,7-9H2,1-6H3. The first kappa shape index (κ1) is 15.1. The molecule has 0 spiro atoms. The first-order valence-electron chi connectivity index (χ1n) is 7.52. The Morgan fingerprint density at radius 1 is 1.10 bits per heavy atom. The van der Waals surface area contributed by atoms with Crippen molar-refractivity contribution < 1.29 is 9.53 Å². The zero-order valence-corrected chi connectivity index (χ0v) is 13.6. The first-order chi connectivity index (χ1) is 9.19. The van der Waals surface area contributed by atoms with Gasteiger partial charge in [0, 0.05) is 0 Å². The quantitative estimate of drug-likeness (QED) is 0.751. The molecule has 0 fully saturated rings. The molecule has 0 amide bonds. The molecular formula is C18H26O2. The van der Waals surface area contributed by atoms with E-state index >= 15 is 0 Å². The SMILES string of the molecule is CCOc1cc2c(cc1C(C)=O)C(C)(C)CCC2(C)C. The van der Waals surface area contributed by atoms with Gasteiger partial charge in [-0.05, 0) is 60.8 Å². The summed E-state index contributed by atoms with van der Waals surface area (Å²) in [4.78, 5) is 11.9. The molecule has 1 aromatic rings. The normalized spacial score (nSPS) is 19.3. The van der Waals surface area contributed by atoms with Crippen LogP contribution in [-0.4, -0.2) is 12.4 Å². The van der Waals surface area contributed by atoms with Crippen LogP contribution in [0.15, 0.2) is 12.1 Å². The Morgan fingerprint density at radius 2 is 1.60 bits per heavy atom. The average Bonchev–Trinajstić information content (AvgIpc) is 2.35. The summed E-state index contributed by atoms with van der Waals surface area (Å²) in [6.07, 6.45) is 2.32. The lowest BCUT2D eigenvalue weighted by molar-refractivity contribution is 0.101. The largest absolute Gasteiger partial charge is 0.493 e. The summed E-state index contributed by atoms with van der Waals surface area (Å²) in [6, 6.07) is 4.18. The smallest absolute Gasteiger partial charge is 0.163 e. The minimum absolute atomic E-state index is 0.0791. The molecule has 2 heteroatoms. The van der Waals surface area contributed by atoms with Gasteiger partial charge in [-0.15, -0.1) is 0 Å². The molecule has 0 heterocycles. The number of benzene rings is 1. The van der Waals surface area contributed by atoms with Gasteiger partial charge in [-0.25, -0.2) is 0 Å². The lowest BCUT2D eigenvalue weighted by Crippen LogP contribution is -2.34. The number of fused-ring (bicyclic) bond motifs is 1. The Kier molecular flexibility index (Phi) is 3.70. The number of Topliss-reactive ketones (excluding diaryl/α,β-unsaturated/α-hetero) is 1. The van der Waals surface area contributed by atoms with Crippen molar-refractivity contribution in [2.45, 2.75) is 65.2 Å². The Morgan fingerprint density at radius 3 is 2.05 bits per heavy atom. The van der Waals surface area contributed by atoms with Crippen molar-refractivity contribution in [1.82, 2.24) is 0 Å². The van der Waals surface area contributed by atoms with Crippen LogP contribution in [0.4, 0.5) is 0 Å². The highest BCUT2D eigenvalue weighted by Crippen LogP contribution is 2.47. The van der Waals surface area contributed by atoms with E-state index in [2.05, 4.69) is 39.8 Å². The summed E-state index contributed by atoms with van der Waals surface area (Å²) in [5.74, 6) is 0.819. The van der Waals surface area contributed by atoms with Crippen molar-refractivity contribution in [3.8, 4) is 5.75 Å².